The van der Waals surface area contributed by atoms with Crippen molar-refractivity contribution in [1.29, 1.82) is 0 Å². The van der Waals surface area contributed by atoms with Crippen LogP contribution in [0.2, 0.25) is 0 Å². The van der Waals surface area contributed by atoms with Crippen molar-refractivity contribution in [2.24, 2.45) is 5.92 Å². The van der Waals surface area contributed by atoms with Crippen LogP contribution >= 0.6 is 0 Å². The Morgan fingerprint density at radius 2 is 2.17 bits per heavy atom. The second-order valence-electron chi connectivity index (χ2n) is 4.83. The molecule has 102 valence electrons. The summed E-state index contributed by atoms with van der Waals surface area (Å²) in [7, 11) is 0. The van der Waals surface area contributed by atoms with Crippen LogP contribution in [0.1, 0.15) is 27.2 Å². The average molecular weight is 253 g/mol. The van der Waals surface area contributed by atoms with Crippen molar-refractivity contribution in [2.75, 3.05) is 13.1 Å². The maximum absolute atomic E-state index is 11.7. The van der Waals surface area contributed by atoms with Crippen molar-refractivity contribution in [1.82, 2.24) is 25.6 Å². The fourth-order valence-electron chi connectivity index (χ4n) is 1.46. The molecule has 0 saturated heterocycles. The number of aryl methyl sites for hydroxylation is 1. The molecule has 1 atom stereocenters. The van der Waals surface area contributed by atoms with Crippen LogP contribution in [-0.4, -0.2) is 40.0 Å². The van der Waals surface area contributed by atoms with Crippen molar-refractivity contribution in [3.8, 4) is 0 Å². The number of carbonyl (C=O) groups excluding carboxylic acids is 1. The summed E-state index contributed by atoms with van der Waals surface area (Å²) in [5, 5.41) is 13.7. The lowest BCUT2D eigenvalue weighted by Crippen LogP contribution is -2.43. The van der Waals surface area contributed by atoms with Crippen LogP contribution in [0, 0.1) is 5.92 Å². The van der Waals surface area contributed by atoms with Crippen LogP contribution in [0.4, 0.5) is 0 Å². The van der Waals surface area contributed by atoms with Crippen LogP contribution in [0.5, 0.6) is 0 Å². The minimum atomic E-state index is -0.153. The molecule has 0 aliphatic carbocycles. The van der Waals surface area contributed by atoms with Crippen LogP contribution < -0.4 is 10.6 Å². The fraction of sp³-hybridized carbons (Fsp3) is 0.750. The van der Waals surface area contributed by atoms with E-state index in [9.17, 15) is 4.79 Å². The molecular weight excluding hydrogens is 230 g/mol. The van der Waals surface area contributed by atoms with Crippen LogP contribution in [0.25, 0.3) is 0 Å². The van der Waals surface area contributed by atoms with Gasteiger partial charge in [0.05, 0.1) is 12.2 Å². The Morgan fingerprint density at radius 1 is 1.39 bits per heavy atom. The summed E-state index contributed by atoms with van der Waals surface area (Å²) in [5.41, 5.74) is 0. The summed E-state index contributed by atoms with van der Waals surface area (Å²) in [6.45, 7) is 8.37. The Bertz CT molecular complexity index is 336. The van der Waals surface area contributed by atoms with Gasteiger partial charge in [0.25, 0.3) is 0 Å². The molecule has 1 unspecified atom stereocenters. The zero-order valence-electron chi connectivity index (χ0n) is 11.4. The number of aromatic nitrogens is 3. The van der Waals surface area contributed by atoms with E-state index in [1.807, 2.05) is 13.1 Å². The van der Waals surface area contributed by atoms with Gasteiger partial charge in [-0.15, -0.1) is 5.10 Å². The first-order valence-electron chi connectivity index (χ1n) is 6.44. The molecule has 0 saturated carbocycles. The Kier molecular flexibility index (Phi) is 6.35. The summed E-state index contributed by atoms with van der Waals surface area (Å²) in [6, 6.07) is -0.153. The van der Waals surface area contributed by atoms with E-state index in [2.05, 4.69) is 34.8 Å². The zero-order chi connectivity index (χ0) is 13.4. The van der Waals surface area contributed by atoms with Crippen LogP contribution in [0.15, 0.2) is 12.4 Å². The maximum atomic E-state index is 11.7. The summed E-state index contributed by atoms with van der Waals surface area (Å²) in [4.78, 5) is 11.7. The van der Waals surface area contributed by atoms with E-state index >= 15 is 0 Å². The normalized spacial score (nSPS) is 12.7. The topological polar surface area (TPSA) is 71.8 Å². The smallest absolute Gasteiger partial charge is 0.236 e. The van der Waals surface area contributed by atoms with Crippen molar-refractivity contribution < 1.29 is 4.79 Å². The molecule has 1 amide bonds. The highest BCUT2D eigenvalue weighted by Crippen LogP contribution is 1.90. The van der Waals surface area contributed by atoms with Gasteiger partial charge >= 0.3 is 0 Å². The molecule has 0 aromatic carbocycles. The van der Waals surface area contributed by atoms with Crippen molar-refractivity contribution in [3.63, 3.8) is 0 Å². The van der Waals surface area contributed by atoms with Gasteiger partial charge in [0.2, 0.25) is 5.91 Å². The Balaban J connectivity index is 2.09. The summed E-state index contributed by atoms with van der Waals surface area (Å²) in [6.07, 6.45) is 4.42. The average Bonchev–Trinajstić information content (AvgIpc) is 2.84. The number of nitrogens with zero attached hydrogens (tertiary/aromatic N) is 3. The highest BCUT2D eigenvalue weighted by molar-refractivity contribution is 5.81. The molecule has 1 rings (SSSR count). The SMILES string of the molecule is CC(C)CNC(=O)C(C)NCCCn1ccnn1. The van der Waals surface area contributed by atoms with Crippen LogP contribution in [-0.2, 0) is 11.3 Å². The Morgan fingerprint density at radius 3 is 2.78 bits per heavy atom. The van der Waals surface area contributed by atoms with E-state index in [1.165, 1.54) is 0 Å². The van der Waals surface area contributed by atoms with Gasteiger partial charge in [0, 0.05) is 19.3 Å². The molecule has 0 radical (unpaired) electrons. The molecule has 1 aromatic rings. The molecular formula is C12H23N5O. The van der Waals surface area contributed by atoms with E-state index in [0.717, 1.165) is 26.1 Å². The Hall–Kier alpha value is -1.43. The van der Waals surface area contributed by atoms with Gasteiger partial charge in [0.15, 0.2) is 0 Å². The minimum Gasteiger partial charge on any atom is -0.354 e. The quantitative estimate of drug-likeness (QED) is 0.659. The molecule has 1 aromatic heterocycles. The summed E-state index contributed by atoms with van der Waals surface area (Å²) >= 11 is 0. The highest BCUT2D eigenvalue weighted by Gasteiger charge is 2.11. The predicted octanol–water partition coefficient (Wildman–Crippen LogP) is 0.419. The summed E-state index contributed by atoms with van der Waals surface area (Å²) < 4.78 is 1.78. The number of hydrogen-bond acceptors (Lipinski definition) is 4. The molecule has 0 fully saturated rings. The van der Waals surface area contributed by atoms with Crippen LogP contribution in [0.3, 0.4) is 0 Å². The lowest BCUT2D eigenvalue weighted by molar-refractivity contribution is -0.122. The second kappa shape index (κ2) is 7.81. The molecule has 0 aliphatic heterocycles. The first-order chi connectivity index (χ1) is 8.59. The maximum Gasteiger partial charge on any atom is 0.236 e. The van der Waals surface area contributed by atoms with Gasteiger partial charge in [-0.25, -0.2) is 0 Å². The predicted molar refractivity (Wildman–Crippen MR) is 70.0 cm³/mol. The van der Waals surface area contributed by atoms with Crippen molar-refractivity contribution >= 4 is 5.91 Å². The second-order valence-corrected chi connectivity index (χ2v) is 4.83. The molecule has 2 N–H and O–H groups in total. The lowest BCUT2D eigenvalue weighted by Gasteiger charge is -2.15. The Labute approximate surface area is 108 Å². The van der Waals surface area contributed by atoms with E-state index in [0.29, 0.717) is 5.92 Å². The van der Waals surface area contributed by atoms with E-state index in [-0.39, 0.29) is 11.9 Å². The van der Waals surface area contributed by atoms with Gasteiger partial charge < -0.3 is 10.6 Å². The van der Waals surface area contributed by atoms with Crippen molar-refractivity contribution in [2.45, 2.75) is 39.8 Å². The first-order valence-corrected chi connectivity index (χ1v) is 6.44. The van der Waals surface area contributed by atoms with Crippen molar-refractivity contribution in [3.05, 3.63) is 12.4 Å². The van der Waals surface area contributed by atoms with E-state index in [4.69, 9.17) is 0 Å². The van der Waals surface area contributed by atoms with E-state index in [1.54, 1.807) is 10.9 Å². The number of nitrogens with one attached hydrogen (secondary N) is 2. The number of amides is 1. The van der Waals surface area contributed by atoms with Gasteiger partial charge in [-0.1, -0.05) is 19.1 Å². The zero-order valence-corrected chi connectivity index (χ0v) is 11.4. The largest absolute Gasteiger partial charge is 0.354 e. The minimum absolute atomic E-state index is 0.0597. The fourth-order valence-corrected chi connectivity index (χ4v) is 1.46. The number of rotatable bonds is 8. The first kappa shape index (κ1) is 14.6. The standard InChI is InChI=1S/C12H23N5O/c1-10(2)9-14-12(18)11(3)13-5-4-7-17-8-6-15-16-17/h6,8,10-11,13H,4-5,7,9H2,1-3H3,(H,14,18). The number of carbonyl (C=O) groups is 1. The molecule has 0 aliphatic rings. The van der Waals surface area contributed by atoms with E-state index < -0.39 is 0 Å². The summed E-state index contributed by atoms with van der Waals surface area (Å²) in [5.74, 6) is 0.540. The molecule has 18 heavy (non-hydrogen) atoms. The number of hydrogen-bond donors (Lipinski definition) is 2. The highest BCUT2D eigenvalue weighted by atomic mass is 16.2. The van der Waals surface area contributed by atoms with Gasteiger partial charge in [-0.05, 0) is 25.8 Å². The van der Waals surface area contributed by atoms with Gasteiger partial charge in [-0.2, -0.15) is 0 Å². The molecule has 6 heteroatoms. The molecule has 0 bridgehead atoms. The third-order valence-corrected chi connectivity index (χ3v) is 2.56. The third kappa shape index (κ3) is 5.77. The molecule has 6 nitrogen and oxygen atoms in total. The van der Waals surface area contributed by atoms with Gasteiger partial charge in [-0.3, -0.25) is 9.48 Å². The third-order valence-electron chi connectivity index (χ3n) is 2.56. The molecule has 1 heterocycles. The van der Waals surface area contributed by atoms with Gasteiger partial charge in [0.1, 0.15) is 0 Å². The lowest BCUT2D eigenvalue weighted by atomic mass is 10.2. The monoisotopic (exact) mass is 253 g/mol. The molecule has 0 spiro atoms.